The molecule has 0 amide bonds. The van der Waals surface area contributed by atoms with Gasteiger partial charge in [-0.1, -0.05) is 35.8 Å². The Balaban J connectivity index is 2.34. The highest BCUT2D eigenvalue weighted by Gasteiger charge is 2.12. The molecule has 0 heterocycles. The van der Waals surface area contributed by atoms with E-state index in [-0.39, 0.29) is 6.04 Å². The largest absolute Gasteiger partial charge is 0.456 e. The first kappa shape index (κ1) is 16.5. The topological polar surface area (TPSA) is 35.2 Å². The second-order valence-corrected chi connectivity index (χ2v) is 7.19. The number of hydrogen-bond acceptors (Lipinski definition) is 2. The minimum atomic E-state index is 0.00857. The summed E-state index contributed by atoms with van der Waals surface area (Å²) in [6.45, 7) is 6.28. The van der Waals surface area contributed by atoms with E-state index in [1.54, 1.807) is 0 Å². The molecular weight excluding hydrogens is 394 g/mol. The number of benzene rings is 2. The molecule has 2 rings (SSSR count). The van der Waals surface area contributed by atoms with Crippen molar-refractivity contribution in [3.8, 4) is 11.5 Å². The maximum Gasteiger partial charge on any atom is 0.141 e. The minimum Gasteiger partial charge on any atom is -0.456 e. The molecule has 2 aromatic carbocycles. The van der Waals surface area contributed by atoms with Crippen LogP contribution >= 0.6 is 31.9 Å². The third-order valence-corrected chi connectivity index (χ3v) is 4.41. The van der Waals surface area contributed by atoms with Gasteiger partial charge in [-0.2, -0.15) is 0 Å². The van der Waals surface area contributed by atoms with Gasteiger partial charge >= 0.3 is 0 Å². The van der Waals surface area contributed by atoms with E-state index in [1.165, 1.54) is 5.56 Å². The van der Waals surface area contributed by atoms with Crippen LogP contribution in [-0.2, 0) is 0 Å². The average Bonchev–Trinajstić information content (AvgIpc) is 2.42. The molecule has 0 aliphatic carbocycles. The van der Waals surface area contributed by atoms with Gasteiger partial charge in [0.1, 0.15) is 11.5 Å². The highest BCUT2D eigenvalue weighted by molar-refractivity contribution is 9.10. The van der Waals surface area contributed by atoms with Crippen molar-refractivity contribution in [2.45, 2.75) is 32.7 Å². The molecule has 0 aliphatic rings. The van der Waals surface area contributed by atoms with Crippen LogP contribution in [0, 0.1) is 0 Å². The van der Waals surface area contributed by atoms with Gasteiger partial charge in [0.2, 0.25) is 0 Å². The van der Waals surface area contributed by atoms with Crippen molar-refractivity contribution < 1.29 is 4.74 Å². The van der Waals surface area contributed by atoms with E-state index in [0.717, 1.165) is 26.0 Å². The van der Waals surface area contributed by atoms with Gasteiger partial charge < -0.3 is 10.5 Å². The fourth-order valence-corrected chi connectivity index (χ4v) is 2.92. The van der Waals surface area contributed by atoms with Gasteiger partial charge in [-0.15, -0.1) is 0 Å². The smallest absolute Gasteiger partial charge is 0.141 e. The fourth-order valence-electron chi connectivity index (χ4n) is 2.06. The average molecular weight is 413 g/mol. The first-order valence-corrected chi connectivity index (χ1v) is 8.49. The summed E-state index contributed by atoms with van der Waals surface area (Å²) in [4.78, 5) is 0. The SMILES string of the molecule is CC(C)c1cc(Br)ccc1Oc1ccc([C@@H](C)N)cc1Br. The molecule has 0 aliphatic heterocycles. The van der Waals surface area contributed by atoms with Crippen molar-refractivity contribution in [1.82, 2.24) is 0 Å². The van der Waals surface area contributed by atoms with Crippen LogP contribution < -0.4 is 10.5 Å². The Morgan fingerprint density at radius 1 is 0.952 bits per heavy atom. The fraction of sp³-hybridized carbons (Fsp3) is 0.294. The molecule has 21 heavy (non-hydrogen) atoms. The Labute approximate surface area is 143 Å². The van der Waals surface area contributed by atoms with E-state index in [9.17, 15) is 0 Å². The molecular formula is C17H19Br2NO. The number of hydrogen-bond donors (Lipinski definition) is 1. The summed E-state index contributed by atoms with van der Waals surface area (Å²) in [6, 6.07) is 12.1. The summed E-state index contributed by atoms with van der Waals surface area (Å²) in [5.74, 6) is 2.06. The van der Waals surface area contributed by atoms with E-state index in [0.29, 0.717) is 5.92 Å². The zero-order valence-electron chi connectivity index (χ0n) is 12.4. The zero-order valence-corrected chi connectivity index (χ0v) is 15.5. The van der Waals surface area contributed by atoms with Crippen molar-refractivity contribution in [3.63, 3.8) is 0 Å². The lowest BCUT2D eigenvalue weighted by Gasteiger charge is -2.16. The molecule has 4 heteroatoms. The van der Waals surface area contributed by atoms with Crippen LogP contribution in [0.1, 0.15) is 43.9 Å². The number of nitrogens with two attached hydrogens (primary N) is 1. The second-order valence-electron chi connectivity index (χ2n) is 5.42. The van der Waals surface area contributed by atoms with Crippen molar-refractivity contribution in [1.29, 1.82) is 0 Å². The van der Waals surface area contributed by atoms with Crippen LogP contribution in [0.3, 0.4) is 0 Å². The molecule has 0 bridgehead atoms. The van der Waals surface area contributed by atoms with E-state index >= 15 is 0 Å². The Bertz CT molecular complexity index is 639. The predicted molar refractivity (Wildman–Crippen MR) is 95.0 cm³/mol. The highest BCUT2D eigenvalue weighted by atomic mass is 79.9. The van der Waals surface area contributed by atoms with Crippen LogP contribution in [0.4, 0.5) is 0 Å². The molecule has 2 nitrogen and oxygen atoms in total. The predicted octanol–water partition coefficient (Wildman–Crippen LogP) is 6.15. The Hall–Kier alpha value is -0.840. The molecule has 0 radical (unpaired) electrons. The third-order valence-electron chi connectivity index (χ3n) is 3.30. The van der Waals surface area contributed by atoms with Crippen LogP contribution in [0.15, 0.2) is 45.3 Å². The number of halogens is 2. The third kappa shape index (κ3) is 4.09. The monoisotopic (exact) mass is 411 g/mol. The van der Waals surface area contributed by atoms with Gasteiger partial charge in [-0.25, -0.2) is 0 Å². The highest BCUT2D eigenvalue weighted by Crippen LogP contribution is 2.36. The summed E-state index contributed by atoms with van der Waals surface area (Å²) in [7, 11) is 0. The standard InChI is InChI=1S/C17H19Br2NO/c1-10(2)14-9-13(18)5-7-16(14)21-17-6-4-12(11(3)20)8-15(17)19/h4-11H,20H2,1-3H3/t11-/m1/s1. The molecule has 2 N–H and O–H groups in total. The van der Waals surface area contributed by atoms with E-state index in [1.807, 2.05) is 37.3 Å². The lowest BCUT2D eigenvalue weighted by atomic mass is 10.0. The van der Waals surface area contributed by atoms with Gasteiger partial charge in [0.05, 0.1) is 4.47 Å². The van der Waals surface area contributed by atoms with Crippen molar-refractivity contribution >= 4 is 31.9 Å². The molecule has 0 saturated heterocycles. The van der Waals surface area contributed by atoms with E-state index in [4.69, 9.17) is 10.5 Å². The zero-order chi connectivity index (χ0) is 15.6. The van der Waals surface area contributed by atoms with Gasteiger partial charge in [-0.3, -0.25) is 0 Å². The lowest BCUT2D eigenvalue weighted by Crippen LogP contribution is -2.04. The molecule has 0 fully saturated rings. The van der Waals surface area contributed by atoms with Crippen LogP contribution in [0.5, 0.6) is 11.5 Å². The van der Waals surface area contributed by atoms with Crippen LogP contribution in [-0.4, -0.2) is 0 Å². The first-order valence-electron chi connectivity index (χ1n) is 6.91. The Morgan fingerprint density at radius 2 is 1.62 bits per heavy atom. The maximum atomic E-state index is 6.08. The molecule has 112 valence electrons. The van der Waals surface area contributed by atoms with Gasteiger partial charge in [0, 0.05) is 10.5 Å². The molecule has 0 spiro atoms. The van der Waals surface area contributed by atoms with E-state index < -0.39 is 0 Å². The number of rotatable bonds is 4. The quantitative estimate of drug-likeness (QED) is 0.653. The lowest BCUT2D eigenvalue weighted by molar-refractivity contribution is 0.469. The summed E-state index contributed by atoms with van der Waals surface area (Å²) in [6.07, 6.45) is 0. The van der Waals surface area contributed by atoms with Gasteiger partial charge in [0.25, 0.3) is 0 Å². The molecule has 0 aromatic heterocycles. The summed E-state index contributed by atoms with van der Waals surface area (Å²) >= 11 is 7.07. The van der Waals surface area contributed by atoms with Gasteiger partial charge in [-0.05, 0) is 70.2 Å². The molecule has 0 saturated carbocycles. The van der Waals surface area contributed by atoms with Crippen molar-refractivity contribution in [2.24, 2.45) is 5.73 Å². The summed E-state index contributed by atoms with van der Waals surface area (Å²) in [5.41, 5.74) is 8.15. The summed E-state index contributed by atoms with van der Waals surface area (Å²) in [5, 5.41) is 0. The first-order chi connectivity index (χ1) is 9.88. The molecule has 1 atom stereocenters. The minimum absolute atomic E-state index is 0.00857. The van der Waals surface area contributed by atoms with Crippen LogP contribution in [0.25, 0.3) is 0 Å². The summed E-state index contributed by atoms with van der Waals surface area (Å²) < 4.78 is 8.05. The normalized spacial score (nSPS) is 12.5. The molecule has 0 unspecified atom stereocenters. The molecule has 2 aromatic rings. The van der Waals surface area contributed by atoms with Crippen molar-refractivity contribution in [2.75, 3.05) is 0 Å². The number of ether oxygens (including phenoxy) is 1. The van der Waals surface area contributed by atoms with Crippen LogP contribution in [0.2, 0.25) is 0 Å². The van der Waals surface area contributed by atoms with Gasteiger partial charge in [0.15, 0.2) is 0 Å². The Morgan fingerprint density at radius 3 is 2.19 bits per heavy atom. The maximum absolute atomic E-state index is 6.08. The second kappa shape index (κ2) is 6.95. The Kier molecular flexibility index (Phi) is 5.47. The van der Waals surface area contributed by atoms with E-state index in [2.05, 4.69) is 51.8 Å². The van der Waals surface area contributed by atoms with Crippen molar-refractivity contribution in [3.05, 3.63) is 56.5 Å².